The van der Waals surface area contributed by atoms with Gasteiger partial charge in [0.05, 0.1) is 12.2 Å². The molecule has 1 aliphatic heterocycles. The van der Waals surface area contributed by atoms with Crippen molar-refractivity contribution in [3.63, 3.8) is 0 Å². The first-order valence-electron chi connectivity index (χ1n) is 8.28. The number of carbonyl (C=O) groups excluding carboxylic acids is 1. The molecule has 0 spiro atoms. The van der Waals surface area contributed by atoms with Gasteiger partial charge in [0, 0.05) is 18.9 Å². The fourth-order valence-electron chi connectivity index (χ4n) is 2.85. The van der Waals surface area contributed by atoms with Gasteiger partial charge in [-0.1, -0.05) is 6.08 Å². The van der Waals surface area contributed by atoms with E-state index in [1.807, 2.05) is 0 Å². The molecule has 0 bridgehead atoms. The summed E-state index contributed by atoms with van der Waals surface area (Å²) in [7, 11) is -2.68. The lowest BCUT2D eigenvalue weighted by atomic mass is 10.0. The summed E-state index contributed by atoms with van der Waals surface area (Å²) in [4.78, 5) is 12.5. The predicted octanol–water partition coefficient (Wildman–Crippen LogP) is 0.876. The van der Waals surface area contributed by atoms with E-state index < -0.39 is 33.9 Å². The standard InChI is InChI=1S/C18H17FN4O5S/c1-3-18(9-24)10-28-16-14(29(26,27)22-18)8-23(2)15(16)17(25)21-12-4-5-13(19)11(6-12)7-20/h3-6,8,22,24H,1,9-10H2,2H3,(H,21,25)/t18-/m1/s1. The third-order valence-corrected chi connectivity index (χ3v) is 5.98. The average Bonchev–Trinajstić information content (AvgIpc) is 2.98. The van der Waals surface area contributed by atoms with Crippen LogP contribution in [0.4, 0.5) is 10.1 Å². The lowest BCUT2D eigenvalue weighted by Gasteiger charge is -2.26. The van der Waals surface area contributed by atoms with Crippen LogP contribution in [0.25, 0.3) is 0 Å². The molecular weight excluding hydrogens is 403 g/mol. The highest BCUT2D eigenvalue weighted by atomic mass is 32.2. The van der Waals surface area contributed by atoms with Gasteiger partial charge >= 0.3 is 0 Å². The van der Waals surface area contributed by atoms with Crippen LogP contribution in [-0.2, 0) is 17.1 Å². The van der Waals surface area contributed by atoms with Gasteiger partial charge in [-0.2, -0.15) is 9.98 Å². The molecule has 11 heteroatoms. The first-order chi connectivity index (χ1) is 13.7. The lowest BCUT2D eigenvalue weighted by molar-refractivity contribution is 0.101. The number of carbonyl (C=O) groups is 1. The number of nitriles is 1. The van der Waals surface area contributed by atoms with Crippen molar-refractivity contribution < 1.29 is 27.4 Å². The number of ether oxygens (including phenoxy) is 1. The van der Waals surface area contributed by atoms with Gasteiger partial charge in [0.25, 0.3) is 5.91 Å². The minimum atomic E-state index is -4.13. The summed E-state index contributed by atoms with van der Waals surface area (Å²) >= 11 is 0. The zero-order valence-electron chi connectivity index (χ0n) is 15.3. The molecule has 3 N–H and O–H groups in total. The van der Waals surface area contributed by atoms with E-state index in [-0.39, 0.29) is 34.2 Å². The molecule has 152 valence electrons. The summed E-state index contributed by atoms with van der Waals surface area (Å²) < 4.78 is 48.1. The van der Waals surface area contributed by atoms with Crippen LogP contribution in [0.3, 0.4) is 0 Å². The number of aliphatic hydroxyl groups excluding tert-OH is 1. The Morgan fingerprint density at radius 1 is 1.59 bits per heavy atom. The number of halogens is 1. The largest absolute Gasteiger partial charge is 0.487 e. The Hall–Kier alpha value is -3.20. The Labute approximate surface area is 166 Å². The smallest absolute Gasteiger partial charge is 0.276 e. The Morgan fingerprint density at radius 2 is 2.31 bits per heavy atom. The van der Waals surface area contributed by atoms with E-state index in [1.54, 1.807) is 6.07 Å². The van der Waals surface area contributed by atoms with Crippen molar-refractivity contribution in [3.8, 4) is 11.8 Å². The Balaban J connectivity index is 2.02. The average molecular weight is 420 g/mol. The van der Waals surface area contributed by atoms with Gasteiger partial charge in [0.15, 0.2) is 11.4 Å². The molecule has 3 rings (SSSR count). The molecule has 0 unspecified atom stereocenters. The monoisotopic (exact) mass is 420 g/mol. The van der Waals surface area contributed by atoms with Gasteiger partial charge < -0.3 is 19.7 Å². The Morgan fingerprint density at radius 3 is 2.93 bits per heavy atom. The van der Waals surface area contributed by atoms with Gasteiger partial charge in [0.1, 0.15) is 28.9 Å². The number of rotatable bonds is 4. The minimum absolute atomic E-state index is 0.106. The van der Waals surface area contributed by atoms with Crippen LogP contribution < -0.4 is 14.8 Å². The third kappa shape index (κ3) is 3.61. The number of fused-ring (bicyclic) bond motifs is 1. The van der Waals surface area contributed by atoms with Gasteiger partial charge in [-0.15, -0.1) is 6.58 Å². The van der Waals surface area contributed by atoms with Gasteiger partial charge in [-0.25, -0.2) is 12.8 Å². The van der Waals surface area contributed by atoms with E-state index in [0.717, 1.165) is 12.1 Å². The van der Waals surface area contributed by atoms with Crippen LogP contribution in [-0.4, -0.2) is 42.8 Å². The molecular formula is C18H17FN4O5S. The van der Waals surface area contributed by atoms with E-state index in [4.69, 9.17) is 10.00 Å². The second-order valence-corrected chi connectivity index (χ2v) is 8.11. The third-order valence-electron chi connectivity index (χ3n) is 4.44. The van der Waals surface area contributed by atoms with Crippen molar-refractivity contribution >= 4 is 21.6 Å². The first kappa shape index (κ1) is 20.5. The van der Waals surface area contributed by atoms with Crippen LogP contribution in [0.1, 0.15) is 16.1 Å². The number of nitrogens with zero attached hydrogens (tertiary/aromatic N) is 2. The van der Waals surface area contributed by atoms with E-state index >= 15 is 0 Å². The molecule has 2 aromatic rings. The van der Waals surface area contributed by atoms with Crippen LogP contribution in [0.2, 0.25) is 0 Å². The number of nitrogens with one attached hydrogen (secondary N) is 2. The van der Waals surface area contributed by atoms with Crippen molar-refractivity contribution in [2.75, 3.05) is 18.5 Å². The zero-order valence-corrected chi connectivity index (χ0v) is 16.1. The van der Waals surface area contributed by atoms with Crippen LogP contribution >= 0.6 is 0 Å². The van der Waals surface area contributed by atoms with E-state index in [9.17, 15) is 22.7 Å². The number of anilines is 1. The molecule has 1 amide bonds. The normalized spacial score (nSPS) is 19.9. The van der Waals surface area contributed by atoms with Crippen molar-refractivity contribution in [1.29, 1.82) is 5.26 Å². The minimum Gasteiger partial charge on any atom is -0.487 e. The second kappa shape index (κ2) is 7.32. The highest BCUT2D eigenvalue weighted by Gasteiger charge is 2.40. The number of aliphatic hydroxyl groups is 1. The molecule has 9 nitrogen and oxygen atoms in total. The van der Waals surface area contributed by atoms with Crippen LogP contribution in [0.5, 0.6) is 5.75 Å². The maximum atomic E-state index is 13.5. The number of aryl methyl sites for hydroxylation is 1. The molecule has 0 saturated carbocycles. The topological polar surface area (TPSA) is 133 Å². The SMILES string of the molecule is C=C[C@@]1(CO)COc2c(cn(C)c2C(=O)Nc2ccc(F)c(C#N)c2)S(=O)(=O)N1. The number of aromatic nitrogens is 1. The number of hydrogen-bond acceptors (Lipinski definition) is 6. The number of sulfonamides is 1. The number of amides is 1. The maximum absolute atomic E-state index is 13.5. The Bertz CT molecular complexity index is 1150. The van der Waals surface area contributed by atoms with Crippen molar-refractivity contribution in [3.05, 3.63) is 54.1 Å². The molecule has 0 aliphatic carbocycles. The fraction of sp³-hybridized carbons (Fsp3) is 0.222. The zero-order chi connectivity index (χ0) is 21.4. The highest BCUT2D eigenvalue weighted by molar-refractivity contribution is 7.89. The molecule has 2 heterocycles. The van der Waals surface area contributed by atoms with Gasteiger partial charge in [-0.3, -0.25) is 4.79 Å². The summed E-state index contributed by atoms with van der Waals surface area (Å²) in [5.41, 5.74) is -1.66. The summed E-state index contributed by atoms with van der Waals surface area (Å²) in [5.74, 6) is -1.66. The molecule has 1 aliphatic rings. The van der Waals surface area contributed by atoms with Gasteiger partial charge in [0.2, 0.25) is 10.0 Å². The molecule has 1 aromatic carbocycles. The van der Waals surface area contributed by atoms with E-state index in [0.29, 0.717) is 0 Å². The molecule has 0 radical (unpaired) electrons. The summed E-state index contributed by atoms with van der Waals surface area (Å²) in [6.07, 6.45) is 2.42. The molecule has 1 aromatic heterocycles. The predicted molar refractivity (Wildman–Crippen MR) is 100 cm³/mol. The van der Waals surface area contributed by atoms with E-state index in [1.165, 1.54) is 30.0 Å². The summed E-state index contributed by atoms with van der Waals surface area (Å²) in [6, 6.07) is 5.12. The summed E-state index contributed by atoms with van der Waals surface area (Å²) in [6.45, 7) is 2.64. The van der Waals surface area contributed by atoms with Crippen LogP contribution in [0, 0.1) is 17.1 Å². The quantitative estimate of drug-likeness (QED) is 0.629. The first-order valence-corrected chi connectivity index (χ1v) is 9.76. The lowest BCUT2D eigenvalue weighted by Crippen LogP contribution is -2.52. The maximum Gasteiger partial charge on any atom is 0.276 e. The molecule has 1 atom stereocenters. The molecule has 0 saturated heterocycles. The summed E-state index contributed by atoms with van der Waals surface area (Å²) in [5, 5.41) is 21.0. The fourth-order valence-corrected chi connectivity index (χ4v) is 4.39. The van der Waals surface area contributed by atoms with Crippen molar-refractivity contribution in [2.45, 2.75) is 10.4 Å². The van der Waals surface area contributed by atoms with Crippen molar-refractivity contribution in [1.82, 2.24) is 9.29 Å². The molecule has 29 heavy (non-hydrogen) atoms. The van der Waals surface area contributed by atoms with Crippen LogP contribution in [0.15, 0.2) is 41.9 Å². The van der Waals surface area contributed by atoms with E-state index in [2.05, 4.69) is 16.6 Å². The highest BCUT2D eigenvalue weighted by Crippen LogP contribution is 2.34. The Kier molecular flexibility index (Phi) is 5.18. The van der Waals surface area contributed by atoms with Crippen molar-refractivity contribution in [2.24, 2.45) is 7.05 Å². The van der Waals surface area contributed by atoms with Gasteiger partial charge in [-0.05, 0) is 18.2 Å². The number of hydrogen-bond donors (Lipinski definition) is 3. The number of benzene rings is 1. The molecule has 0 fully saturated rings. The second-order valence-electron chi connectivity index (χ2n) is 6.46.